The first-order valence-corrected chi connectivity index (χ1v) is 6.01. The van der Waals surface area contributed by atoms with E-state index in [4.69, 9.17) is 23.2 Å². The van der Waals surface area contributed by atoms with Crippen LogP contribution in [0.3, 0.4) is 0 Å². The highest BCUT2D eigenvalue weighted by atomic mass is 79.9. The monoisotopic (exact) mass is 335 g/mol. The average molecular weight is 337 g/mol. The van der Waals surface area contributed by atoms with E-state index in [2.05, 4.69) is 31.2 Å². The van der Waals surface area contributed by atoms with Crippen molar-refractivity contribution in [2.45, 2.75) is 0 Å². The van der Waals surface area contributed by atoms with Gasteiger partial charge in [-0.2, -0.15) is 0 Å². The summed E-state index contributed by atoms with van der Waals surface area (Å²) >= 11 is 14.7. The molecule has 0 aliphatic rings. The van der Waals surface area contributed by atoms with Crippen LogP contribution in [0.5, 0.6) is 0 Å². The summed E-state index contributed by atoms with van der Waals surface area (Å²) in [5.74, 6) is -0.179. The van der Waals surface area contributed by atoms with Crippen LogP contribution >= 0.6 is 39.1 Å². The van der Waals surface area contributed by atoms with Gasteiger partial charge in [-0.25, -0.2) is 14.4 Å². The predicted octanol–water partition coefficient (Wildman–Crippen LogP) is 4.43. The van der Waals surface area contributed by atoms with Crippen molar-refractivity contribution in [2.75, 3.05) is 5.32 Å². The molecule has 0 saturated heterocycles. The van der Waals surface area contributed by atoms with Crippen molar-refractivity contribution in [3.8, 4) is 0 Å². The Morgan fingerprint density at radius 3 is 2.76 bits per heavy atom. The van der Waals surface area contributed by atoms with Crippen LogP contribution in [0.4, 0.5) is 15.9 Å². The van der Waals surface area contributed by atoms with E-state index in [1.807, 2.05) is 0 Å². The maximum atomic E-state index is 13.6. The minimum atomic E-state index is -0.546. The highest BCUT2D eigenvalue weighted by Gasteiger charge is 2.10. The highest BCUT2D eigenvalue weighted by molar-refractivity contribution is 9.10. The lowest BCUT2D eigenvalue weighted by atomic mass is 10.3. The summed E-state index contributed by atoms with van der Waals surface area (Å²) in [6.07, 6.45) is 1.28. The number of aromatic nitrogens is 2. The molecule has 0 aliphatic heterocycles. The zero-order chi connectivity index (χ0) is 12.4. The molecule has 0 amide bonds. The van der Waals surface area contributed by atoms with Gasteiger partial charge in [0.15, 0.2) is 5.82 Å². The molecule has 1 heterocycles. The second-order valence-corrected chi connectivity index (χ2v) is 4.61. The first-order valence-electron chi connectivity index (χ1n) is 4.46. The topological polar surface area (TPSA) is 37.8 Å². The van der Waals surface area contributed by atoms with Crippen LogP contribution in [0.1, 0.15) is 0 Å². The molecule has 1 N–H and O–H groups in total. The fourth-order valence-electron chi connectivity index (χ4n) is 1.16. The fraction of sp³-hybridized carbons (Fsp3) is 0. The Balaban J connectivity index is 2.38. The molecule has 0 atom stereocenters. The summed E-state index contributed by atoms with van der Waals surface area (Å²) in [6, 6.07) is 4.64. The van der Waals surface area contributed by atoms with E-state index in [0.29, 0.717) is 10.3 Å². The summed E-state index contributed by atoms with van der Waals surface area (Å²) in [5.41, 5.74) is 0.216. The van der Waals surface area contributed by atoms with Gasteiger partial charge in [-0.3, -0.25) is 0 Å². The minimum Gasteiger partial charge on any atom is -0.337 e. The Hall–Kier alpha value is -0.910. The third kappa shape index (κ3) is 2.68. The Morgan fingerprint density at radius 1 is 1.24 bits per heavy atom. The maximum absolute atomic E-state index is 13.6. The molecule has 0 aliphatic carbocycles. The van der Waals surface area contributed by atoms with Crippen LogP contribution in [0.15, 0.2) is 29.0 Å². The lowest BCUT2D eigenvalue weighted by Crippen LogP contribution is -1.98. The second-order valence-electron chi connectivity index (χ2n) is 3.05. The zero-order valence-corrected chi connectivity index (χ0v) is 11.3. The van der Waals surface area contributed by atoms with E-state index >= 15 is 0 Å². The number of hydrogen-bond donors (Lipinski definition) is 1. The molecule has 0 radical (unpaired) electrons. The van der Waals surface area contributed by atoms with Crippen LogP contribution in [0.25, 0.3) is 0 Å². The van der Waals surface area contributed by atoms with Gasteiger partial charge in [0.2, 0.25) is 0 Å². The first-order chi connectivity index (χ1) is 8.09. The van der Waals surface area contributed by atoms with E-state index in [9.17, 15) is 4.39 Å². The predicted molar refractivity (Wildman–Crippen MR) is 69.4 cm³/mol. The smallest absolute Gasteiger partial charge is 0.165 e. The molecular formula is C10H5BrCl2FN3. The first kappa shape index (κ1) is 12.5. The SMILES string of the molecule is Fc1c(Cl)cccc1Nc1ncnc(Cl)c1Br. The van der Waals surface area contributed by atoms with Gasteiger partial charge in [0.1, 0.15) is 17.3 Å². The van der Waals surface area contributed by atoms with Crippen molar-refractivity contribution in [1.29, 1.82) is 0 Å². The Kier molecular flexibility index (Phi) is 3.81. The normalized spacial score (nSPS) is 10.4. The number of hydrogen-bond acceptors (Lipinski definition) is 3. The number of anilines is 2. The number of benzene rings is 1. The fourth-order valence-corrected chi connectivity index (χ4v) is 1.77. The molecule has 2 aromatic rings. The van der Waals surface area contributed by atoms with Gasteiger partial charge in [0, 0.05) is 0 Å². The van der Waals surface area contributed by atoms with Gasteiger partial charge >= 0.3 is 0 Å². The molecule has 2 rings (SSSR count). The molecule has 0 unspecified atom stereocenters. The molecule has 1 aromatic heterocycles. The zero-order valence-electron chi connectivity index (χ0n) is 8.22. The number of nitrogens with zero attached hydrogens (tertiary/aromatic N) is 2. The van der Waals surface area contributed by atoms with Crippen molar-refractivity contribution in [3.05, 3.63) is 45.0 Å². The molecule has 0 spiro atoms. The molecular weight excluding hydrogens is 332 g/mol. The quantitative estimate of drug-likeness (QED) is 0.824. The minimum absolute atomic E-state index is 0.0336. The van der Waals surface area contributed by atoms with Crippen molar-refractivity contribution in [3.63, 3.8) is 0 Å². The molecule has 7 heteroatoms. The Morgan fingerprint density at radius 2 is 2.00 bits per heavy atom. The van der Waals surface area contributed by atoms with Gasteiger partial charge in [-0.15, -0.1) is 0 Å². The van der Waals surface area contributed by atoms with Crippen molar-refractivity contribution in [2.24, 2.45) is 0 Å². The molecule has 17 heavy (non-hydrogen) atoms. The van der Waals surface area contributed by atoms with Crippen molar-refractivity contribution >= 4 is 50.6 Å². The Labute approximate surface area is 115 Å². The average Bonchev–Trinajstić information content (AvgIpc) is 2.31. The second kappa shape index (κ2) is 5.16. The van der Waals surface area contributed by atoms with Crippen LogP contribution in [0, 0.1) is 5.82 Å². The summed E-state index contributed by atoms with van der Waals surface area (Å²) in [5, 5.41) is 3.05. The third-order valence-corrected chi connectivity index (χ3v) is 3.51. The molecule has 88 valence electrons. The largest absolute Gasteiger partial charge is 0.337 e. The van der Waals surface area contributed by atoms with E-state index in [0.717, 1.165) is 0 Å². The number of nitrogens with one attached hydrogen (secondary N) is 1. The standard InChI is InChI=1S/C10H5BrCl2FN3/c11-7-9(13)15-4-16-10(7)17-6-3-1-2-5(12)8(6)14/h1-4H,(H,15,16,17). The summed E-state index contributed by atoms with van der Waals surface area (Å²) in [7, 11) is 0. The molecule has 0 fully saturated rings. The van der Waals surface area contributed by atoms with Gasteiger partial charge in [-0.05, 0) is 28.1 Å². The van der Waals surface area contributed by atoms with Crippen molar-refractivity contribution < 1.29 is 4.39 Å². The Bertz CT molecular complexity index is 516. The van der Waals surface area contributed by atoms with Gasteiger partial charge in [0.25, 0.3) is 0 Å². The maximum Gasteiger partial charge on any atom is 0.165 e. The molecule has 1 aromatic carbocycles. The van der Waals surface area contributed by atoms with E-state index in [1.54, 1.807) is 12.1 Å². The lowest BCUT2D eigenvalue weighted by Gasteiger charge is -2.09. The van der Waals surface area contributed by atoms with Gasteiger partial charge in [0.05, 0.1) is 15.2 Å². The molecule has 0 bridgehead atoms. The molecule has 3 nitrogen and oxygen atoms in total. The van der Waals surface area contributed by atoms with Crippen LogP contribution in [0.2, 0.25) is 10.2 Å². The van der Waals surface area contributed by atoms with E-state index in [-0.39, 0.29) is 15.9 Å². The lowest BCUT2D eigenvalue weighted by molar-refractivity contribution is 0.632. The van der Waals surface area contributed by atoms with Crippen LogP contribution < -0.4 is 5.32 Å². The van der Waals surface area contributed by atoms with Crippen LogP contribution in [-0.2, 0) is 0 Å². The van der Waals surface area contributed by atoms with Crippen LogP contribution in [-0.4, -0.2) is 9.97 Å². The van der Waals surface area contributed by atoms with Gasteiger partial charge in [-0.1, -0.05) is 29.3 Å². The highest BCUT2D eigenvalue weighted by Crippen LogP contribution is 2.30. The summed E-state index contributed by atoms with van der Waals surface area (Å²) < 4.78 is 14.1. The number of halogens is 4. The number of rotatable bonds is 2. The van der Waals surface area contributed by atoms with Gasteiger partial charge < -0.3 is 5.32 Å². The summed E-state index contributed by atoms with van der Waals surface area (Å²) in [4.78, 5) is 7.71. The van der Waals surface area contributed by atoms with Crippen molar-refractivity contribution in [1.82, 2.24) is 9.97 Å². The van der Waals surface area contributed by atoms with E-state index in [1.165, 1.54) is 12.4 Å². The molecule has 0 saturated carbocycles. The third-order valence-electron chi connectivity index (χ3n) is 1.95. The summed E-state index contributed by atoms with van der Waals surface area (Å²) in [6.45, 7) is 0. The van der Waals surface area contributed by atoms with E-state index < -0.39 is 5.82 Å².